The molecule has 0 aliphatic carbocycles. The zero-order valence-corrected chi connectivity index (χ0v) is 16.8. The van der Waals surface area contributed by atoms with Crippen LogP contribution in [-0.2, 0) is 45.4 Å². The van der Waals surface area contributed by atoms with Gasteiger partial charge in [0.05, 0.1) is 12.7 Å². The zero-order chi connectivity index (χ0) is 20.7. The van der Waals surface area contributed by atoms with E-state index in [0.29, 0.717) is 0 Å². The number of hydrogen-bond donors (Lipinski definition) is 2. The third-order valence-electron chi connectivity index (χ3n) is 2.90. The van der Waals surface area contributed by atoms with Crippen molar-refractivity contribution in [3.63, 3.8) is 0 Å². The molecule has 15 nitrogen and oxygen atoms in total. The van der Waals surface area contributed by atoms with Crippen molar-refractivity contribution < 1.29 is 55.1 Å². The first-order valence-electron chi connectivity index (χ1n) is 6.93. The molecule has 0 bridgehead atoms. The maximum Gasteiger partial charge on any atom is 0.492 e. The predicted octanol–water partition coefficient (Wildman–Crippen LogP) is 1.57. The summed E-state index contributed by atoms with van der Waals surface area (Å²) in [7, 11) is -7.91. The molecular formula is C8H17BN3O12P3. The lowest BCUT2D eigenvalue weighted by Gasteiger charge is -2.22. The molecule has 0 amide bonds. The molecule has 1 rings (SSSR count). The molecule has 1 heterocycles. The molecule has 1 saturated heterocycles. The predicted molar refractivity (Wildman–Crippen MR) is 87.3 cm³/mol. The Bertz CT molecular complexity index is 689. The van der Waals surface area contributed by atoms with Gasteiger partial charge in [0.1, 0.15) is 20.7 Å². The first-order valence-corrected chi connectivity index (χ1v) is 11.4. The standard InChI is InChI=1S/C8H17BN3O12P3/c1-18-25(13,14)23-27(17,19-2)24-26(15,16)21-4-7-6(3-8(9)22-7)20-5-11-12-10/h6-8H,3-5H2,1-2H3,(H,13,14)(H,15,16)/t6-,7-,8-,27?/m1/s1. The van der Waals surface area contributed by atoms with Crippen LogP contribution in [0.2, 0.25) is 0 Å². The molecule has 3 unspecified atom stereocenters. The van der Waals surface area contributed by atoms with Crippen molar-refractivity contribution in [2.24, 2.45) is 5.11 Å². The van der Waals surface area contributed by atoms with Crippen LogP contribution in [0.25, 0.3) is 10.4 Å². The van der Waals surface area contributed by atoms with E-state index in [2.05, 4.69) is 32.2 Å². The molecule has 19 heteroatoms. The monoisotopic (exact) mass is 451 g/mol. The summed E-state index contributed by atoms with van der Waals surface area (Å²) in [5.41, 5.74) is 8.21. The van der Waals surface area contributed by atoms with Crippen molar-refractivity contribution in [3.8, 4) is 0 Å². The number of phosphoric acid groups is 3. The van der Waals surface area contributed by atoms with Crippen LogP contribution in [0.4, 0.5) is 0 Å². The van der Waals surface area contributed by atoms with Gasteiger partial charge >= 0.3 is 23.5 Å². The van der Waals surface area contributed by atoms with Gasteiger partial charge in [-0.2, -0.15) is 8.62 Å². The molecule has 0 aromatic rings. The minimum absolute atomic E-state index is 0.173. The van der Waals surface area contributed by atoms with E-state index in [-0.39, 0.29) is 13.2 Å². The zero-order valence-electron chi connectivity index (χ0n) is 14.1. The van der Waals surface area contributed by atoms with Crippen LogP contribution >= 0.6 is 23.5 Å². The van der Waals surface area contributed by atoms with E-state index in [1.165, 1.54) is 0 Å². The largest absolute Gasteiger partial charge is 0.492 e. The Hall–Kier alpha value is -0.295. The highest BCUT2D eigenvalue weighted by Gasteiger charge is 2.44. The van der Waals surface area contributed by atoms with Gasteiger partial charge in [-0.05, 0) is 12.0 Å². The lowest BCUT2D eigenvalue weighted by molar-refractivity contribution is -0.0347. The Balaban J connectivity index is 2.70. The third kappa shape index (κ3) is 8.72. The van der Waals surface area contributed by atoms with Crippen LogP contribution < -0.4 is 0 Å². The second kappa shape index (κ2) is 10.5. The quantitative estimate of drug-likeness (QED) is 0.143. The van der Waals surface area contributed by atoms with Gasteiger partial charge in [0.15, 0.2) is 0 Å². The van der Waals surface area contributed by atoms with Gasteiger partial charge in [-0.1, -0.05) is 5.11 Å². The van der Waals surface area contributed by atoms with Crippen molar-refractivity contribution in [1.29, 1.82) is 0 Å². The van der Waals surface area contributed by atoms with Crippen molar-refractivity contribution in [2.75, 3.05) is 27.6 Å². The summed E-state index contributed by atoms with van der Waals surface area (Å²) >= 11 is 0. The highest BCUT2D eigenvalue weighted by molar-refractivity contribution is 7.67. The van der Waals surface area contributed by atoms with Crippen LogP contribution in [-0.4, -0.2) is 63.4 Å². The average molecular weight is 451 g/mol. The SMILES string of the molecule is [B][C@H]1C[C@@H](OCN=[N+]=[N-])[C@@H](COP(=O)(O)OP(=O)(OC)OP(=O)(O)OC)O1. The number of nitrogens with zero attached hydrogens (tertiary/aromatic N) is 3. The molecule has 1 aliphatic heterocycles. The number of hydrogen-bond acceptors (Lipinski definition) is 11. The number of phosphoric ester groups is 2. The fraction of sp³-hybridized carbons (Fsp3) is 1.00. The molecule has 154 valence electrons. The van der Waals surface area contributed by atoms with Crippen LogP contribution in [0, 0.1) is 0 Å². The molecule has 1 fully saturated rings. The molecule has 2 radical (unpaired) electrons. The maximum absolute atomic E-state index is 12.0. The van der Waals surface area contributed by atoms with Crippen molar-refractivity contribution >= 4 is 31.3 Å². The molecular weight excluding hydrogens is 434 g/mol. The fourth-order valence-electron chi connectivity index (χ4n) is 1.78. The van der Waals surface area contributed by atoms with Gasteiger partial charge in [-0.3, -0.25) is 13.6 Å². The molecule has 0 saturated carbocycles. The van der Waals surface area contributed by atoms with Crippen molar-refractivity contribution in [1.82, 2.24) is 0 Å². The highest BCUT2D eigenvalue weighted by atomic mass is 31.3. The summed E-state index contributed by atoms with van der Waals surface area (Å²) in [5, 5.41) is 3.17. The van der Waals surface area contributed by atoms with E-state index >= 15 is 0 Å². The third-order valence-corrected chi connectivity index (χ3v) is 7.54. The Labute approximate surface area is 155 Å². The van der Waals surface area contributed by atoms with Crippen LogP contribution in [0.3, 0.4) is 0 Å². The first-order chi connectivity index (χ1) is 12.5. The Morgan fingerprint density at radius 2 is 1.85 bits per heavy atom. The van der Waals surface area contributed by atoms with E-state index in [9.17, 15) is 18.6 Å². The summed E-state index contributed by atoms with van der Waals surface area (Å²) in [6.07, 6.45) is -1.52. The second-order valence-corrected chi connectivity index (χ2v) is 9.79. The first kappa shape index (κ1) is 24.7. The van der Waals surface area contributed by atoms with Crippen LogP contribution in [0.15, 0.2) is 5.11 Å². The Morgan fingerprint density at radius 3 is 2.41 bits per heavy atom. The van der Waals surface area contributed by atoms with Gasteiger partial charge in [0, 0.05) is 25.1 Å². The van der Waals surface area contributed by atoms with Crippen LogP contribution in [0.5, 0.6) is 0 Å². The highest BCUT2D eigenvalue weighted by Crippen LogP contribution is 2.69. The van der Waals surface area contributed by atoms with Crippen LogP contribution in [0.1, 0.15) is 6.42 Å². The normalized spacial score (nSPS) is 29.3. The van der Waals surface area contributed by atoms with Gasteiger partial charge in [0.25, 0.3) is 0 Å². The molecule has 1 aliphatic rings. The van der Waals surface area contributed by atoms with E-state index in [4.69, 9.17) is 27.7 Å². The topological polar surface area (TPSA) is 205 Å². The van der Waals surface area contributed by atoms with E-state index in [0.717, 1.165) is 14.2 Å². The van der Waals surface area contributed by atoms with E-state index in [1.807, 2.05) is 0 Å². The summed E-state index contributed by atoms with van der Waals surface area (Å²) < 4.78 is 66.9. The minimum Gasteiger partial charge on any atom is -0.380 e. The molecule has 2 N–H and O–H groups in total. The minimum atomic E-state index is -5.12. The molecule has 0 aromatic heterocycles. The van der Waals surface area contributed by atoms with Crippen molar-refractivity contribution in [3.05, 3.63) is 10.4 Å². The maximum atomic E-state index is 12.0. The molecule has 27 heavy (non-hydrogen) atoms. The molecule has 6 atom stereocenters. The van der Waals surface area contributed by atoms with Gasteiger partial charge in [-0.25, -0.2) is 13.7 Å². The average Bonchev–Trinajstić information content (AvgIpc) is 2.92. The lowest BCUT2D eigenvalue weighted by Crippen LogP contribution is -2.29. The number of rotatable bonds is 12. The second-order valence-electron chi connectivity index (χ2n) is 4.72. The van der Waals surface area contributed by atoms with E-state index < -0.39 is 48.3 Å². The summed E-state index contributed by atoms with van der Waals surface area (Å²) in [6.45, 7) is -0.955. The lowest BCUT2D eigenvalue weighted by atomic mass is 9.96. The Kier molecular flexibility index (Phi) is 9.60. The fourth-order valence-corrected chi connectivity index (χ4v) is 5.52. The Morgan fingerprint density at radius 1 is 1.22 bits per heavy atom. The summed E-state index contributed by atoms with van der Waals surface area (Å²) in [4.78, 5) is 21.3. The van der Waals surface area contributed by atoms with E-state index in [1.54, 1.807) is 0 Å². The van der Waals surface area contributed by atoms with Gasteiger partial charge in [-0.15, -0.1) is 0 Å². The molecule has 0 spiro atoms. The van der Waals surface area contributed by atoms with Gasteiger partial charge < -0.3 is 19.3 Å². The molecule has 0 aromatic carbocycles. The number of azide groups is 1. The number of ether oxygens (including phenoxy) is 2. The smallest absolute Gasteiger partial charge is 0.380 e. The van der Waals surface area contributed by atoms with Gasteiger partial charge in [0.2, 0.25) is 0 Å². The summed E-state index contributed by atoms with van der Waals surface area (Å²) in [5.74, 6) is 0. The summed E-state index contributed by atoms with van der Waals surface area (Å²) in [6, 6.07) is -0.774. The van der Waals surface area contributed by atoms with Crippen molar-refractivity contribution in [2.45, 2.75) is 24.6 Å².